The Kier molecular flexibility index (Phi) is 8.48. The third-order valence-electron chi connectivity index (χ3n) is 6.79. The average molecular weight is 549 g/mol. The number of piperazine rings is 1. The lowest BCUT2D eigenvalue weighted by Crippen LogP contribution is -2.49. The highest BCUT2D eigenvalue weighted by atomic mass is 32.1. The second-order valence-electron chi connectivity index (χ2n) is 9.44. The minimum atomic E-state index is -0.300. The SMILES string of the molecule is COc1ccccc1N1CCN(C(=O)c2csc(CN(Cc3ccc(F)cc3)Cc3ccccc3F)n2)CC1. The number of methoxy groups -OCH3 is 1. The highest BCUT2D eigenvalue weighted by molar-refractivity contribution is 7.09. The number of anilines is 1. The first kappa shape index (κ1) is 26.8. The molecule has 4 aromatic rings. The summed E-state index contributed by atoms with van der Waals surface area (Å²) in [5.74, 6) is 0.161. The van der Waals surface area contributed by atoms with E-state index in [0.29, 0.717) is 57.1 Å². The number of hydrogen-bond acceptors (Lipinski definition) is 6. The van der Waals surface area contributed by atoms with E-state index in [1.807, 2.05) is 40.1 Å². The van der Waals surface area contributed by atoms with Gasteiger partial charge in [0, 0.05) is 50.2 Å². The quantitative estimate of drug-likeness (QED) is 0.273. The van der Waals surface area contributed by atoms with Crippen LogP contribution in [0.5, 0.6) is 5.75 Å². The molecule has 0 saturated carbocycles. The Hall–Kier alpha value is -3.82. The van der Waals surface area contributed by atoms with Crippen LogP contribution in [0.3, 0.4) is 0 Å². The van der Waals surface area contributed by atoms with Crippen molar-refractivity contribution in [1.82, 2.24) is 14.8 Å². The molecule has 6 nitrogen and oxygen atoms in total. The lowest BCUT2D eigenvalue weighted by Gasteiger charge is -2.36. The molecule has 0 aliphatic carbocycles. The smallest absolute Gasteiger partial charge is 0.273 e. The second kappa shape index (κ2) is 12.4. The van der Waals surface area contributed by atoms with Gasteiger partial charge in [0.15, 0.2) is 0 Å². The van der Waals surface area contributed by atoms with Crippen molar-refractivity contribution in [2.75, 3.05) is 38.2 Å². The number of nitrogens with zero attached hydrogens (tertiary/aromatic N) is 4. The standard InChI is InChI=1S/C30H30F2N4O2S/c1-38-28-9-5-4-8-27(28)35-14-16-36(17-15-35)30(37)26-21-39-29(33-26)20-34(18-22-10-12-24(31)13-11-22)19-23-6-2-3-7-25(23)32/h2-13,21H,14-20H2,1H3. The summed E-state index contributed by atoms with van der Waals surface area (Å²) in [4.78, 5) is 24.0. The Labute approximate surface area is 231 Å². The Morgan fingerprint density at radius 2 is 1.64 bits per heavy atom. The zero-order valence-corrected chi connectivity index (χ0v) is 22.5. The van der Waals surface area contributed by atoms with Crippen LogP contribution >= 0.6 is 11.3 Å². The van der Waals surface area contributed by atoms with Crippen molar-refractivity contribution in [2.45, 2.75) is 19.6 Å². The largest absolute Gasteiger partial charge is 0.495 e. The van der Waals surface area contributed by atoms with Crippen molar-refractivity contribution in [1.29, 1.82) is 0 Å². The van der Waals surface area contributed by atoms with E-state index in [1.165, 1.54) is 29.5 Å². The molecule has 202 valence electrons. The summed E-state index contributed by atoms with van der Waals surface area (Å²) in [6, 6.07) is 20.9. The fourth-order valence-corrected chi connectivity index (χ4v) is 5.57. The molecule has 2 heterocycles. The first-order valence-corrected chi connectivity index (χ1v) is 13.7. The van der Waals surface area contributed by atoms with Gasteiger partial charge in [-0.2, -0.15) is 0 Å². The summed E-state index contributed by atoms with van der Waals surface area (Å²) in [6.45, 7) is 3.88. The molecule has 1 saturated heterocycles. The maximum absolute atomic E-state index is 14.4. The van der Waals surface area contributed by atoms with Gasteiger partial charge in [-0.3, -0.25) is 9.69 Å². The van der Waals surface area contributed by atoms with Gasteiger partial charge >= 0.3 is 0 Å². The summed E-state index contributed by atoms with van der Waals surface area (Å²) in [6.07, 6.45) is 0. The molecule has 3 aromatic carbocycles. The lowest BCUT2D eigenvalue weighted by atomic mass is 10.1. The molecule has 1 fully saturated rings. The summed E-state index contributed by atoms with van der Waals surface area (Å²) in [7, 11) is 1.66. The maximum Gasteiger partial charge on any atom is 0.273 e. The van der Waals surface area contributed by atoms with Crippen LogP contribution in [0.25, 0.3) is 0 Å². The predicted octanol–water partition coefficient (Wildman–Crippen LogP) is 5.59. The zero-order chi connectivity index (χ0) is 27.2. The molecule has 0 N–H and O–H groups in total. The Morgan fingerprint density at radius 3 is 2.38 bits per heavy atom. The van der Waals surface area contributed by atoms with Crippen LogP contribution < -0.4 is 9.64 Å². The molecule has 1 aliphatic heterocycles. The molecular formula is C30H30F2N4O2S. The minimum Gasteiger partial charge on any atom is -0.495 e. The molecule has 0 bridgehead atoms. The van der Waals surface area contributed by atoms with Crippen molar-refractivity contribution in [3.63, 3.8) is 0 Å². The van der Waals surface area contributed by atoms with Crippen molar-refractivity contribution >= 4 is 22.9 Å². The minimum absolute atomic E-state index is 0.0867. The third-order valence-corrected chi connectivity index (χ3v) is 7.63. The molecule has 39 heavy (non-hydrogen) atoms. The molecule has 0 atom stereocenters. The molecule has 5 rings (SSSR count). The molecular weight excluding hydrogens is 518 g/mol. The van der Waals surface area contributed by atoms with Gasteiger partial charge in [-0.15, -0.1) is 11.3 Å². The summed E-state index contributed by atoms with van der Waals surface area (Å²) >= 11 is 1.42. The van der Waals surface area contributed by atoms with Crippen LogP contribution in [0.4, 0.5) is 14.5 Å². The Bertz CT molecular complexity index is 1400. The number of carbonyl (C=O) groups excluding carboxylic acids is 1. The third kappa shape index (κ3) is 6.61. The fraction of sp³-hybridized carbons (Fsp3) is 0.267. The Morgan fingerprint density at radius 1 is 0.923 bits per heavy atom. The van der Waals surface area contributed by atoms with Gasteiger partial charge in [0.2, 0.25) is 0 Å². The highest BCUT2D eigenvalue weighted by Gasteiger charge is 2.25. The molecule has 1 aliphatic rings. The van der Waals surface area contributed by atoms with Gasteiger partial charge in [-0.1, -0.05) is 42.5 Å². The monoisotopic (exact) mass is 548 g/mol. The molecule has 0 radical (unpaired) electrons. The number of aromatic nitrogens is 1. The number of thiazole rings is 1. The molecule has 0 unspecified atom stereocenters. The first-order valence-electron chi connectivity index (χ1n) is 12.8. The van der Waals surface area contributed by atoms with E-state index in [9.17, 15) is 13.6 Å². The summed E-state index contributed by atoms with van der Waals surface area (Å²) in [5.41, 5.74) is 2.93. The lowest BCUT2D eigenvalue weighted by molar-refractivity contribution is 0.0741. The molecule has 1 amide bonds. The van der Waals surface area contributed by atoms with Crippen molar-refractivity contribution in [3.8, 4) is 5.75 Å². The van der Waals surface area contributed by atoms with Crippen LogP contribution in [0.15, 0.2) is 78.2 Å². The van der Waals surface area contributed by atoms with Crippen molar-refractivity contribution < 1.29 is 18.3 Å². The summed E-state index contributed by atoms with van der Waals surface area (Å²) in [5, 5.41) is 2.56. The fourth-order valence-electron chi connectivity index (χ4n) is 4.76. The van der Waals surface area contributed by atoms with E-state index in [0.717, 1.165) is 22.0 Å². The van der Waals surface area contributed by atoms with Gasteiger partial charge in [0.05, 0.1) is 19.3 Å². The number of rotatable bonds is 9. The van der Waals surface area contributed by atoms with Crippen LogP contribution in [-0.2, 0) is 19.6 Å². The zero-order valence-electron chi connectivity index (χ0n) is 21.7. The van der Waals surface area contributed by atoms with E-state index in [-0.39, 0.29) is 17.5 Å². The van der Waals surface area contributed by atoms with Crippen LogP contribution in [0.1, 0.15) is 26.6 Å². The van der Waals surface area contributed by atoms with Gasteiger partial charge in [-0.05, 0) is 35.9 Å². The number of amides is 1. The average Bonchev–Trinajstić information content (AvgIpc) is 3.43. The van der Waals surface area contributed by atoms with Gasteiger partial charge in [0.1, 0.15) is 28.1 Å². The van der Waals surface area contributed by atoms with Crippen LogP contribution in [-0.4, -0.2) is 54.0 Å². The summed E-state index contributed by atoms with van der Waals surface area (Å²) < 4.78 is 33.3. The molecule has 9 heteroatoms. The maximum atomic E-state index is 14.4. The number of halogens is 2. The van der Waals surface area contributed by atoms with Crippen LogP contribution in [0.2, 0.25) is 0 Å². The number of hydrogen-bond donors (Lipinski definition) is 0. The normalized spacial score (nSPS) is 13.6. The highest BCUT2D eigenvalue weighted by Crippen LogP contribution is 2.28. The first-order chi connectivity index (χ1) is 19.0. The topological polar surface area (TPSA) is 48.9 Å². The van der Waals surface area contributed by atoms with Crippen molar-refractivity contribution in [2.24, 2.45) is 0 Å². The number of benzene rings is 3. The second-order valence-corrected chi connectivity index (χ2v) is 10.4. The van der Waals surface area contributed by atoms with Gasteiger partial charge < -0.3 is 14.5 Å². The van der Waals surface area contributed by atoms with Gasteiger partial charge in [-0.25, -0.2) is 13.8 Å². The van der Waals surface area contributed by atoms with Crippen LogP contribution in [0, 0.1) is 11.6 Å². The Balaban J connectivity index is 1.25. The molecule has 1 aromatic heterocycles. The molecule has 0 spiro atoms. The van der Waals surface area contributed by atoms with E-state index >= 15 is 0 Å². The van der Waals surface area contributed by atoms with E-state index in [2.05, 4.69) is 9.88 Å². The van der Waals surface area contributed by atoms with E-state index in [4.69, 9.17) is 4.74 Å². The number of ether oxygens (including phenoxy) is 1. The van der Waals surface area contributed by atoms with Gasteiger partial charge in [0.25, 0.3) is 5.91 Å². The van der Waals surface area contributed by atoms with E-state index < -0.39 is 0 Å². The number of carbonyl (C=O) groups is 1. The van der Waals surface area contributed by atoms with E-state index in [1.54, 1.807) is 36.8 Å². The van der Waals surface area contributed by atoms with Crippen molar-refractivity contribution in [3.05, 3.63) is 112 Å². The number of para-hydroxylation sites is 2. The predicted molar refractivity (Wildman–Crippen MR) is 149 cm³/mol.